The van der Waals surface area contributed by atoms with Crippen molar-refractivity contribution >= 4 is 5.97 Å². The maximum Gasteiger partial charge on any atom is 0.330 e. The minimum absolute atomic E-state index is 0.323. The minimum Gasteiger partial charge on any atom is -0.466 e. The molecule has 0 spiro atoms. The molecule has 3 nitrogen and oxygen atoms in total. The van der Waals surface area contributed by atoms with Gasteiger partial charge >= 0.3 is 5.97 Å². The summed E-state index contributed by atoms with van der Waals surface area (Å²) in [5.41, 5.74) is 1.23. The first kappa shape index (κ1) is 11.5. The standard InChI is InChI=1S/C12H15NO2/c1-15-12(14)8-5-9-13-10-11-6-3-2-4-7-11/h2-8,13H,9-10H2,1H3/b8-5+. The van der Waals surface area contributed by atoms with Gasteiger partial charge in [-0.25, -0.2) is 4.79 Å². The highest BCUT2D eigenvalue weighted by Crippen LogP contribution is 1.96. The number of carbonyl (C=O) groups is 1. The molecule has 0 atom stereocenters. The largest absolute Gasteiger partial charge is 0.466 e. The molecule has 0 aliphatic rings. The number of esters is 1. The zero-order valence-corrected chi connectivity index (χ0v) is 8.77. The molecule has 1 aromatic carbocycles. The average Bonchev–Trinajstić information content (AvgIpc) is 2.29. The van der Waals surface area contributed by atoms with E-state index >= 15 is 0 Å². The summed E-state index contributed by atoms with van der Waals surface area (Å²) in [5, 5.41) is 3.19. The molecule has 0 heterocycles. The van der Waals surface area contributed by atoms with Crippen molar-refractivity contribution in [3.63, 3.8) is 0 Å². The molecule has 1 N–H and O–H groups in total. The molecule has 0 saturated carbocycles. The zero-order chi connectivity index (χ0) is 10.9. The van der Waals surface area contributed by atoms with Gasteiger partial charge < -0.3 is 10.1 Å². The van der Waals surface area contributed by atoms with E-state index in [1.165, 1.54) is 18.7 Å². The second-order valence-electron chi connectivity index (χ2n) is 3.04. The molecule has 0 aliphatic heterocycles. The third-order valence-corrected chi connectivity index (χ3v) is 1.89. The maximum atomic E-state index is 10.7. The fourth-order valence-corrected chi connectivity index (χ4v) is 1.12. The number of methoxy groups -OCH3 is 1. The average molecular weight is 205 g/mol. The number of carbonyl (C=O) groups excluding carboxylic acids is 1. The Morgan fingerprint density at radius 1 is 1.40 bits per heavy atom. The lowest BCUT2D eigenvalue weighted by Gasteiger charge is -2.00. The van der Waals surface area contributed by atoms with Gasteiger partial charge in [-0.15, -0.1) is 0 Å². The van der Waals surface area contributed by atoms with Crippen LogP contribution in [0.15, 0.2) is 42.5 Å². The summed E-state index contributed by atoms with van der Waals surface area (Å²) in [4.78, 5) is 10.7. The first-order valence-electron chi connectivity index (χ1n) is 4.82. The van der Waals surface area contributed by atoms with Gasteiger partial charge in [-0.1, -0.05) is 36.4 Å². The highest BCUT2D eigenvalue weighted by Gasteiger charge is 1.90. The Kier molecular flexibility index (Phi) is 5.19. The normalized spacial score (nSPS) is 10.5. The SMILES string of the molecule is COC(=O)/C=C/CNCc1ccccc1. The maximum absolute atomic E-state index is 10.7. The number of hydrogen-bond acceptors (Lipinski definition) is 3. The molecule has 0 bridgehead atoms. The third-order valence-electron chi connectivity index (χ3n) is 1.89. The van der Waals surface area contributed by atoms with Gasteiger partial charge in [-0.2, -0.15) is 0 Å². The smallest absolute Gasteiger partial charge is 0.330 e. The molecule has 0 fully saturated rings. The van der Waals surface area contributed by atoms with E-state index in [0.29, 0.717) is 6.54 Å². The van der Waals surface area contributed by atoms with Gasteiger partial charge in [0, 0.05) is 19.2 Å². The van der Waals surface area contributed by atoms with Crippen LogP contribution >= 0.6 is 0 Å². The highest BCUT2D eigenvalue weighted by atomic mass is 16.5. The summed E-state index contributed by atoms with van der Waals surface area (Å²) in [7, 11) is 1.37. The zero-order valence-electron chi connectivity index (χ0n) is 8.77. The van der Waals surface area contributed by atoms with Crippen molar-refractivity contribution in [1.29, 1.82) is 0 Å². The molecule has 0 aliphatic carbocycles. The van der Waals surface area contributed by atoms with Crippen LogP contribution in [0.5, 0.6) is 0 Å². The van der Waals surface area contributed by atoms with E-state index in [9.17, 15) is 4.79 Å². The summed E-state index contributed by atoms with van der Waals surface area (Å²) >= 11 is 0. The van der Waals surface area contributed by atoms with Crippen LogP contribution in [0.1, 0.15) is 5.56 Å². The molecule has 1 aromatic rings. The van der Waals surface area contributed by atoms with Gasteiger partial charge in [0.05, 0.1) is 7.11 Å². The van der Waals surface area contributed by atoms with Crippen molar-refractivity contribution in [3.8, 4) is 0 Å². The summed E-state index contributed by atoms with van der Waals surface area (Å²) in [6.07, 6.45) is 3.16. The third kappa shape index (κ3) is 4.98. The van der Waals surface area contributed by atoms with Gasteiger partial charge in [-0.3, -0.25) is 0 Å². The lowest BCUT2D eigenvalue weighted by atomic mass is 10.2. The molecule has 80 valence electrons. The monoisotopic (exact) mass is 205 g/mol. The van der Waals surface area contributed by atoms with E-state index in [0.717, 1.165) is 6.54 Å². The van der Waals surface area contributed by atoms with E-state index in [-0.39, 0.29) is 5.97 Å². The van der Waals surface area contributed by atoms with E-state index in [4.69, 9.17) is 0 Å². The number of nitrogens with one attached hydrogen (secondary N) is 1. The van der Waals surface area contributed by atoms with Gasteiger partial charge in [0.1, 0.15) is 0 Å². The van der Waals surface area contributed by atoms with Crippen molar-refractivity contribution in [2.45, 2.75) is 6.54 Å². The predicted molar refractivity (Wildman–Crippen MR) is 59.3 cm³/mol. The van der Waals surface area contributed by atoms with Gasteiger partial charge in [0.25, 0.3) is 0 Å². The van der Waals surface area contributed by atoms with E-state index < -0.39 is 0 Å². The molecule has 3 heteroatoms. The predicted octanol–water partition coefficient (Wildman–Crippen LogP) is 1.51. The summed E-state index contributed by atoms with van der Waals surface area (Å²) in [6, 6.07) is 10.1. The number of hydrogen-bond donors (Lipinski definition) is 1. The molecule has 15 heavy (non-hydrogen) atoms. The quantitative estimate of drug-likeness (QED) is 0.450. The van der Waals surface area contributed by atoms with Crippen LogP contribution in [0.4, 0.5) is 0 Å². The van der Waals surface area contributed by atoms with Crippen LogP contribution in [-0.2, 0) is 16.1 Å². The Morgan fingerprint density at radius 3 is 2.80 bits per heavy atom. The topological polar surface area (TPSA) is 38.3 Å². The van der Waals surface area contributed by atoms with Crippen LogP contribution < -0.4 is 5.32 Å². The molecule has 0 amide bonds. The minimum atomic E-state index is -0.323. The summed E-state index contributed by atoms with van der Waals surface area (Å²) in [5.74, 6) is -0.323. The fourth-order valence-electron chi connectivity index (χ4n) is 1.12. The first-order valence-corrected chi connectivity index (χ1v) is 4.82. The van der Waals surface area contributed by atoms with Crippen LogP contribution in [0, 0.1) is 0 Å². The van der Waals surface area contributed by atoms with Crippen molar-refractivity contribution in [2.75, 3.05) is 13.7 Å². The second kappa shape index (κ2) is 6.79. The van der Waals surface area contributed by atoms with Crippen molar-refractivity contribution < 1.29 is 9.53 Å². The van der Waals surface area contributed by atoms with E-state index in [1.807, 2.05) is 18.2 Å². The van der Waals surface area contributed by atoms with Crippen molar-refractivity contribution in [1.82, 2.24) is 5.32 Å². The number of ether oxygens (including phenoxy) is 1. The van der Waals surface area contributed by atoms with Gasteiger partial charge in [0.2, 0.25) is 0 Å². The lowest BCUT2D eigenvalue weighted by molar-refractivity contribution is -0.134. The Balaban J connectivity index is 2.17. The highest BCUT2D eigenvalue weighted by molar-refractivity contribution is 5.81. The van der Waals surface area contributed by atoms with Crippen LogP contribution in [0.3, 0.4) is 0 Å². The second-order valence-corrected chi connectivity index (χ2v) is 3.04. The Morgan fingerprint density at radius 2 is 2.13 bits per heavy atom. The lowest BCUT2D eigenvalue weighted by Crippen LogP contribution is -2.13. The summed E-state index contributed by atoms with van der Waals surface area (Å²) in [6.45, 7) is 1.45. The number of rotatable bonds is 5. The molecular formula is C12H15NO2. The van der Waals surface area contributed by atoms with Crippen LogP contribution in [0.2, 0.25) is 0 Å². The van der Waals surface area contributed by atoms with Gasteiger partial charge in [0.15, 0.2) is 0 Å². The molecule has 0 unspecified atom stereocenters. The van der Waals surface area contributed by atoms with Crippen molar-refractivity contribution in [3.05, 3.63) is 48.0 Å². The van der Waals surface area contributed by atoms with E-state index in [1.54, 1.807) is 6.08 Å². The molecule has 0 aromatic heterocycles. The van der Waals surface area contributed by atoms with Crippen LogP contribution in [0.25, 0.3) is 0 Å². The first-order chi connectivity index (χ1) is 7.33. The Hall–Kier alpha value is -1.61. The van der Waals surface area contributed by atoms with Gasteiger partial charge in [-0.05, 0) is 5.56 Å². The van der Waals surface area contributed by atoms with Crippen molar-refractivity contribution in [2.24, 2.45) is 0 Å². The fraction of sp³-hybridized carbons (Fsp3) is 0.250. The Bertz CT molecular complexity index is 320. The molecule has 0 saturated heterocycles. The molecular weight excluding hydrogens is 190 g/mol. The van der Waals surface area contributed by atoms with Crippen LogP contribution in [-0.4, -0.2) is 19.6 Å². The van der Waals surface area contributed by atoms with E-state index in [2.05, 4.69) is 22.2 Å². The summed E-state index contributed by atoms with van der Waals surface area (Å²) < 4.78 is 4.46. The molecule has 1 rings (SSSR count). The Labute approximate surface area is 89.8 Å². The molecule has 0 radical (unpaired) electrons. The number of benzene rings is 1.